The largest absolute Gasteiger partial charge is 0.485 e. The summed E-state index contributed by atoms with van der Waals surface area (Å²) in [5.74, 6) is 1.95. The first-order chi connectivity index (χ1) is 10.6. The van der Waals surface area contributed by atoms with Gasteiger partial charge >= 0.3 is 0 Å². The second kappa shape index (κ2) is 6.11. The highest BCUT2D eigenvalue weighted by Crippen LogP contribution is 2.30. The molecule has 0 saturated carbocycles. The Labute approximate surface area is 127 Å². The van der Waals surface area contributed by atoms with E-state index in [1.165, 1.54) is 0 Å². The Kier molecular flexibility index (Phi) is 4.02. The molecule has 22 heavy (non-hydrogen) atoms. The fourth-order valence-corrected chi connectivity index (χ4v) is 2.19. The van der Waals surface area contributed by atoms with Crippen LogP contribution in [0.25, 0.3) is 0 Å². The van der Waals surface area contributed by atoms with Gasteiger partial charge < -0.3 is 24.3 Å². The van der Waals surface area contributed by atoms with Crippen molar-refractivity contribution in [1.29, 1.82) is 0 Å². The highest BCUT2D eigenvalue weighted by molar-refractivity contribution is 5.81. The highest BCUT2D eigenvalue weighted by Gasteiger charge is 2.27. The second-order valence-electron chi connectivity index (χ2n) is 5.07. The second-order valence-corrected chi connectivity index (χ2v) is 5.07. The van der Waals surface area contributed by atoms with Crippen LogP contribution < -0.4 is 14.8 Å². The van der Waals surface area contributed by atoms with Crippen molar-refractivity contribution in [2.45, 2.75) is 19.1 Å². The van der Waals surface area contributed by atoms with E-state index >= 15 is 0 Å². The quantitative estimate of drug-likeness (QED) is 0.896. The van der Waals surface area contributed by atoms with E-state index in [0.717, 1.165) is 0 Å². The van der Waals surface area contributed by atoms with E-state index in [1.54, 1.807) is 31.2 Å². The zero-order valence-electron chi connectivity index (χ0n) is 12.1. The minimum absolute atomic E-state index is 0.0489. The van der Waals surface area contributed by atoms with Crippen molar-refractivity contribution in [3.63, 3.8) is 0 Å². The van der Waals surface area contributed by atoms with Crippen LogP contribution in [0, 0.1) is 6.92 Å². The van der Waals surface area contributed by atoms with Crippen molar-refractivity contribution >= 4 is 5.91 Å². The molecule has 2 atom stereocenters. The fraction of sp³-hybridized carbons (Fsp3) is 0.312. The van der Waals surface area contributed by atoms with Gasteiger partial charge in [-0.3, -0.25) is 4.79 Å². The molecule has 6 nitrogen and oxygen atoms in total. The van der Waals surface area contributed by atoms with Gasteiger partial charge in [0.1, 0.15) is 24.2 Å². The summed E-state index contributed by atoms with van der Waals surface area (Å²) in [5.41, 5.74) is 0. The smallest absolute Gasteiger partial charge is 0.264 e. The maximum absolute atomic E-state index is 12.1. The van der Waals surface area contributed by atoms with Crippen LogP contribution in [0.5, 0.6) is 11.5 Å². The summed E-state index contributed by atoms with van der Waals surface area (Å²) in [7, 11) is 0. The fourth-order valence-electron chi connectivity index (χ4n) is 2.19. The number of carbonyl (C=O) groups is 1. The Hall–Kier alpha value is -2.47. The van der Waals surface area contributed by atoms with E-state index in [0.29, 0.717) is 23.0 Å². The zero-order chi connectivity index (χ0) is 15.5. The summed E-state index contributed by atoms with van der Waals surface area (Å²) in [4.78, 5) is 12.1. The average Bonchev–Trinajstić information content (AvgIpc) is 2.98. The monoisotopic (exact) mass is 303 g/mol. The summed E-state index contributed by atoms with van der Waals surface area (Å²) in [5, 5.41) is 12.6. The number of amides is 1. The molecule has 1 amide bonds. The number of aliphatic hydroxyl groups is 1. The predicted octanol–water partition coefficient (Wildman–Crippen LogP) is 1.58. The van der Waals surface area contributed by atoms with Crippen LogP contribution in [0.3, 0.4) is 0 Å². The Bertz CT molecular complexity index is 666. The van der Waals surface area contributed by atoms with E-state index in [4.69, 9.17) is 13.9 Å². The molecule has 3 rings (SSSR count). The third-order valence-electron chi connectivity index (χ3n) is 3.36. The van der Waals surface area contributed by atoms with Crippen molar-refractivity contribution in [3.8, 4) is 11.5 Å². The summed E-state index contributed by atoms with van der Waals surface area (Å²) < 4.78 is 16.4. The number of hydrogen-bond donors (Lipinski definition) is 2. The number of furan rings is 1. The summed E-state index contributed by atoms with van der Waals surface area (Å²) >= 11 is 0. The molecule has 0 unspecified atom stereocenters. The van der Waals surface area contributed by atoms with Crippen molar-refractivity contribution in [1.82, 2.24) is 5.32 Å². The van der Waals surface area contributed by atoms with Crippen LogP contribution >= 0.6 is 0 Å². The molecule has 2 heterocycles. The molecule has 2 N–H and O–H groups in total. The molecule has 116 valence electrons. The molecule has 0 spiro atoms. The Morgan fingerprint density at radius 1 is 1.32 bits per heavy atom. The Morgan fingerprint density at radius 2 is 2.09 bits per heavy atom. The van der Waals surface area contributed by atoms with Crippen LogP contribution in [0.4, 0.5) is 0 Å². The maximum atomic E-state index is 12.1. The van der Waals surface area contributed by atoms with Crippen molar-refractivity contribution < 1.29 is 23.8 Å². The van der Waals surface area contributed by atoms with Gasteiger partial charge in [-0.2, -0.15) is 0 Å². The lowest BCUT2D eigenvalue weighted by Crippen LogP contribution is -2.45. The minimum Gasteiger partial charge on any atom is -0.485 e. The summed E-state index contributed by atoms with van der Waals surface area (Å²) in [6, 6.07) is 10.6. The first-order valence-electron chi connectivity index (χ1n) is 7.04. The number of nitrogens with one attached hydrogen (secondary N) is 1. The molecule has 6 heteroatoms. The standard InChI is InChI=1S/C16H17NO5/c1-10-6-7-12(21-10)11(18)8-17-16(19)15-9-20-13-4-2-3-5-14(13)22-15/h2-7,11,15,18H,8-9H2,1H3,(H,17,19)/t11-,15+/m1/s1. The van der Waals surface area contributed by atoms with Gasteiger partial charge in [0.25, 0.3) is 5.91 Å². The summed E-state index contributed by atoms with van der Waals surface area (Å²) in [6.07, 6.45) is -1.63. The maximum Gasteiger partial charge on any atom is 0.264 e. The predicted molar refractivity (Wildman–Crippen MR) is 77.8 cm³/mol. The number of carbonyl (C=O) groups excluding carboxylic acids is 1. The van der Waals surface area contributed by atoms with E-state index in [1.807, 2.05) is 12.1 Å². The number of aliphatic hydroxyl groups excluding tert-OH is 1. The number of ether oxygens (including phenoxy) is 2. The topological polar surface area (TPSA) is 80.9 Å². The number of hydrogen-bond acceptors (Lipinski definition) is 5. The molecule has 1 aliphatic rings. The molecule has 1 aliphatic heterocycles. The number of para-hydroxylation sites is 2. The molecular weight excluding hydrogens is 286 g/mol. The SMILES string of the molecule is Cc1ccc([C@H](O)CNC(=O)[C@@H]2COc3ccccc3O2)o1. The van der Waals surface area contributed by atoms with Crippen molar-refractivity contribution in [3.05, 3.63) is 47.9 Å². The van der Waals surface area contributed by atoms with Crippen molar-refractivity contribution in [2.75, 3.05) is 13.2 Å². The number of rotatable bonds is 4. The lowest BCUT2D eigenvalue weighted by Gasteiger charge is -2.25. The van der Waals surface area contributed by atoms with Gasteiger partial charge in [0, 0.05) is 0 Å². The van der Waals surface area contributed by atoms with E-state index < -0.39 is 12.2 Å². The molecule has 2 aromatic rings. The molecule has 1 aromatic heterocycles. The van der Waals surface area contributed by atoms with Gasteiger partial charge in [-0.05, 0) is 31.2 Å². The highest BCUT2D eigenvalue weighted by atomic mass is 16.6. The third kappa shape index (κ3) is 3.07. The van der Waals surface area contributed by atoms with E-state index in [2.05, 4.69) is 5.32 Å². The minimum atomic E-state index is -0.894. The molecule has 0 saturated heterocycles. The van der Waals surface area contributed by atoms with Crippen LogP contribution in [0.1, 0.15) is 17.6 Å². The Morgan fingerprint density at radius 3 is 2.82 bits per heavy atom. The lowest BCUT2D eigenvalue weighted by molar-refractivity contribution is -0.130. The normalized spacial score (nSPS) is 17.8. The molecule has 0 fully saturated rings. The van der Waals surface area contributed by atoms with Gasteiger partial charge in [-0.1, -0.05) is 12.1 Å². The van der Waals surface area contributed by atoms with Crippen LogP contribution in [0.2, 0.25) is 0 Å². The molecule has 0 bridgehead atoms. The van der Waals surface area contributed by atoms with Gasteiger partial charge in [-0.25, -0.2) is 0 Å². The number of benzene rings is 1. The van der Waals surface area contributed by atoms with E-state index in [-0.39, 0.29) is 19.1 Å². The molecule has 0 aliphatic carbocycles. The van der Waals surface area contributed by atoms with Gasteiger partial charge in [0.2, 0.25) is 6.10 Å². The van der Waals surface area contributed by atoms with E-state index in [9.17, 15) is 9.90 Å². The third-order valence-corrected chi connectivity index (χ3v) is 3.36. The molecule has 1 aromatic carbocycles. The van der Waals surface area contributed by atoms with Crippen LogP contribution in [0.15, 0.2) is 40.8 Å². The van der Waals surface area contributed by atoms with Crippen LogP contribution in [-0.4, -0.2) is 30.3 Å². The van der Waals surface area contributed by atoms with Crippen LogP contribution in [-0.2, 0) is 4.79 Å². The molecular formula is C16H17NO5. The van der Waals surface area contributed by atoms with Gasteiger partial charge in [-0.15, -0.1) is 0 Å². The Balaban J connectivity index is 1.55. The summed E-state index contributed by atoms with van der Waals surface area (Å²) in [6.45, 7) is 1.98. The molecule has 0 radical (unpaired) electrons. The first kappa shape index (κ1) is 14.5. The average molecular weight is 303 g/mol. The number of fused-ring (bicyclic) bond motifs is 1. The zero-order valence-corrected chi connectivity index (χ0v) is 12.1. The van der Waals surface area contributed by atoms with Gasteiger partial charge in [0.05, 0.1) is 6.54 Å². The first-order valence-corrected chi connectivity index (χ1v) is 7.04. The number of aryl methyl sites for hydroxylation is 1. The lowest BCUT2D eigenvalue weighted by atomic mass is 10.2. The van der Waals surface area contributed by atoms with Gasteiger partial charge in [0.15, 0.2) is 11.5 Å². The van der Waals surface area contributed by atoms with Crippen molar-refractivity contribution in [2.24, 2.45) is 0 Å².